The zero-order chi connectivity index (χ0) is 21.2. The predicted molar refractivity (Wildman–Crippen MR) is 110 cm³/mol. The largest absolute Gasteiger partial charge is 0.489 e. The Kier molecular flexibility index (Phi) is 6.33. The monoisotopic (exact) mass is 420 g/mol. The molecule has 29 heavy (non-hydrogen) atoms. The van der Waals surface area contributed by atoms with E-state index in [0.29, 0.717) is 42.8 Å². The summed E-state index contributed by atoms with van der Waals surface area (Å²) >= 11 is 0. The van der Waals surface area contributed by atoms with E-state index in [9.17, 15) is 13.2 Å². The van der Waals surface area contributed by atoms with Crippen LogP contribution < -0.4 is 9.64 Å². The van der Waals surface area contributed by atoms with Gasteiger partial charge in [0.1, 0.15) is 18.1 Å². The molecule has 0 bridgehead atoms. The molecular formula is C21H28N2O5S. The highest BCUT2D eigenvalue weighted by Crippen LogP contribution is 2.36. The molecule has 0 spiro atoms. The fourth-order valence-corrected chi connectivity index (χ4v) is 5.03. The second-order valence-corrected chi connectivity index (χ2v) is 9.53. The standard InChI is InChI=1S/C21H28N2O5S/c1-15(2)9-10-23(16(3)20-6-5-12-27-20)29(25,26)18-7-8-19-21(14-18)28-13-11-22(19)17(4)24/h5-8,12,14-16H,9-11,13H2,1-4H3. The van der Waals surface area contributed by atoms with Crippen LogP contribution in [0, 0.1) is 5.92 Å². The number of hydrogen-bond acceptors (Lipinski definition) is 5. The molecule has 1 amide bonds. The molecule has 158 valence electrons. The van der Waals surface area contributed by atoms with E-state index in [0.717, 1.165) is 6.42 Å². The number of nitrogens with zero attached hydrogens (tertiary/aromatic N) is 2. The molecule has 0 fully saturated rings. The molecule has 2 aromatic rings. The number of hydrogen-bond donors (Lipinski definition) is 0. The molecule has 8 heteroatoms. The van der Waals surface area contributed by atoms with Gasteiger partial charge in [0.05, 0.1) is 29.4 Å². The summed E-state index contributed by atoms with van der Waals surface area (Å²) in [4.78, 5) is 13.6. The topological polar surface area (TPSA) is 80.1 Å². The molecule has 0 saturated carbocycles. The number of carbonyl (C=O) groups excluding carboxylic acids is 1. The number of ether oxygens (including phenoxy) is 1. The fourth-order valence-electron chi connectivity index (χ4n) is 3.40. The van der Waals surface area contributed by atoms with Crippen molar-refractivity contribution < 1.29 is 22.4 Å². The Morgan fingerprint density at radius 2 is 2.00 bits per heavy atom. The van der Waals surface area contributed by atoms with Crippen molar-refractivity contribution in [3.8, 4) is 5.75 Å². The minimum atomic E-state index is -3.80. The molecule has 2 heterocycles. The Morgan fingerprint density at radius 3 is 2.62 bits per heavy atom. The van der Waals surface area contributed by atoms with E-state index >= 15 is 0 Å². The van der Waals surface area contributed by atoms with Gasteiger partial charge in [-0.2, -0.15) is 4.31 Å². The van der Waals surface area contributed by atoms with Gasteiger partial charge in [-0.25, -0.2) is 8.42 Å². The van der Waals surface area contributed by atoms with E-state index in [4.69, 9.17) is 9.15 Å². The Bertz CT molecular complexity index is 953. The van der Waals surface area contributed by atoms with E-state index in [1.807, 2.05) is 6.92 Å². The third kappa shape index (κ3) is 4.48. The average Bonchev–Trinajstić information content (AvgIpc) is 3.21. The van der Waals surface area contributed by atoms with Crippen LogP contribution >= 0.6 is 0 Å². The van der Waals surface area contributed by atoms with Crippen LogP contribution in [0.15, 0.2) is 45.9 Å². The zero-order valence-corrected chi connectivity index (χ0v) is 18.1. The van der Waals surface area contributed by atoms with Crippen molar-refractivity contribution in [3.63, 3.8) is 0 Å². The van der Waals surface area contributed by atoms with Crippen LogP contribution in [-0.4, -0.2) is 38.3 Å². The Morgan fingerprint density at radius 1 is 1.24 bits per heavy atom. The first kappa shape index (κ1) is 21.4. The first-order chi connectivity index (χ1) is 13.7. The van der Waals surface area contributed by atoms with Gasteiger partial charge in [-0.05, 0) is 43.5 Å². The van der Waals surface area contributed by atoms with Crippen molar-refractivity contribution in [2.75, 3.05) is 24.6 Å². The molecular weight excluding hydrogens is 392 g/mol. The first-order valence-electron chi connectivity index (χ1n) is 9.82. The number of amides is 1. The molecule has 0 N–H and O–H groups in total. The van der Waals surface area contributed by atoms with Crippen molar-refractivity contribution >= 4 is 21.6 Å². The lowest BCUT2D eigenvalue weighted by molar-refractivity contribution is -0.116. The minimum absolute atomic E-state index is 0.102. The summed E-state index contributed by atoms with van der Waals surface area (Å²) in [5.41, 5.74) is 0.593. The highest BCUT2D eigenvalue weighted by molar-refractivity contribution is 7.89. The number of fused-ring (bicyclic) bond motifs is 1. The molecule has 1 aliphatic rings. The molecule has 7 nitrogen and oxygen atoms in total. The van der Waals surface area contributed by atoms with E-state index in [1.165, 1.54) is 23.4 Å². The van der Waals surface area contributed by atoms with Crippen molar-refractivity contribution in [2.45, 2.75) is 45.1 Å². The van der Waals surface area contributed by atoms with Crippen LogP contribution in [-0.2, 0) is 14.8 Å². The van der Waals surface area contributed by atoms with Crippen LogP contribution in [0.25, 0.3) is 0 Å². The number of anilines is 1. The number of rotatable bonds is 7. The maximum absolute atomic E-state index is 13.5. The lowest BCUT2D eigenvalue weighted by atomic mass is 10.1. The highest BCUT2D eigenvalue weighted by Gasteiger charge is 2.33. The normalized spacial score (nSPS) is 15.3. The third-order valence-electron chi connectivity index (χ3n) is 5.09. The zero-order valence-electron chi connectivity index (χ0n) is 17.3. The second-order valence-electron chi connectivity index (χ2n) is 7.64. The minimum Gasteiger partial charge on any atom is -0.489 e. The SMILES string of the molecule is CC(=O)N1CCOc2cc(S(=O)(=O)N(CCC(C)C)C(C)c3ccco3)ccc21. The van der Waals surface area contributed by atoms with Gasteiger partial charge in [-0.1, -0.05) is 13.8 Å². The van der Waals surface area contributed by atoms with Crippen LogP contribution in [0.2, 0.25) is 0 Å². The molecule has 1 aliphatic heterocycles. The van der Waals surface area contributed by atoms with Crippen molar-refractivity contribution in [3.05, 3.63) is 42.4 Å². The number of carbonyl (C=O) groups is 1. The summed E-state index contributed by atoms with van der Waals surface area (Å²) in [6.45, 7) is 8.58. The van der Waals surface area contributed by atoms with Gasteiger partial charge in [-0.15, -0.1) is 0 Å². The summed E-state index contributed by atoms with van der Waals surface area (Å²) in [6.07, 6.45) is 2.27. The third-order valence-corrected chi connectivity index (χ3v) is 7.06. The summed E-state index contributed by atoms with van der Waals surface area (Å²) < 4.78 is 39.7. The number of benzene rings is 1. The highest BCUT2D eigenvalue weighted by atomic mass is 32.2. The van der Waals surface area contributed by atoms with Crippen molar-refractivity contribution in [1.82, 2.24) is 4.31 Å². The maximum Gasteiger partial charge on any atom is 0.243 e. The molecule has 3 rings (SSSR count). The summed E-state index contributed by atoms with van der Waals surface area (Å²) in [5.74, 6) is 1.25. The second kappa shape index (κ2) is 8.59. The van der Waals surface area contributed by atoms with Gasteiger partial charge in [0, 0.05) is 19.5 Å². The van der Waals surface area contributed by atoms with Gasteiger partial charge in [0.2, 0.25) is 15.9 Å². The summed E-state index contributed by atoms with van der Waals surface area (Å²) in [5, 5.41) is 0. The molecule has 1 aromatic carbocycles. The quantitative estimate of drug-likeness (QED) is 0.680. The maximum atomic E-state index is 13.5. The lowest BCUT2D eigenvalue weighted by Gasteiger charge is -2.30. The number of sulfonamides is 1. The molecule has 0 aliphatic carbocycles. The van der Waals surface area contributed by atoms with Crippen molar-refractivity contribution in [1.29, 1.82) is 0 Å². The van der Waals surface area contributed by atoms with Gasteiger partial charge in [-0.3, -0.25) is 4.79 Å². The van der Waals surface area contributed by atoms with Crippen LogP contribution in [0.3, 0.4) is 0 Å². The van der Waals surface area contributed by atoms with Crippen molar-refractivity contribution in [2.24, 2.45) is 5.92 Å². The molecule has 1 atom stereocenters. The summed E-state index contributed by atoms with van der Waals surface area (Å²) in [7, 11) is -3.80. The van der Waals surface area contributed by atoms with Gasteiger partial charge in [0.15, 0.2) is 0 Å². The van der Waals surface area contributed by atoms with E-state index in [1.54, 1.807) is 29.4 Å². The van der Waals surface area contributed by atoms with Gasteiger partial charge in [0.25, 0.3) is 0 Å². The Hall–Kier alpha value is -2.32. The van der Waals surface area contributed by atoms with Gasteiger partial charge >= 0.3 is 0 Å². The Balaban J connectivity index is 1.98. The van der Waals surface area contributed by atoms with E-state index in [-0.39, 0.29) is 10.8 Å². The predicted octanol–water partition coefficient (Wildman–Crippen LogP) is 3.82. The number of furan rings is 1. The molecule has 0 radical (unpaired) electrons. The lowest BCUT2D eigenvalue weighted by Crippen LogP contribution is -2.37. The Labute approximate surface area is 172 Å². The van der Waals surface area contributed by atoms with E-state index < -0.39 is 16.1 Å². The first-order valence-corrected chi connectivity index (χ1v) is 11.3. The smallest absolute Gasteiger partial charge is 0.243 e. The van der Waals surface area contributed by atoms with Crippen LogP contribution in [0.4, 0.5) is 5.69 Å². The molecule has 0 saturated heterocycles. The summed E-state index contributed by atoms with van der Waals surface area (Å²) in [6, 6.07) is 7.78. The van der Waals surface area contributed by atoms with E-state index in [2.05, 4.69) is 13.8 Å². The van der Waals surface area contributed by atoms with Gasteiger partial charge < -0.3 is 14.1 Å². The molecule has 1 aromatic heterocycles. The molecule has 1 unspecified atom stereocenters. The van der Waals surface area contributed by atoms with Crippen LogP contribution in [0.5, 0.6) is 5.75 Å². The fraction of sp³-hybridized carbons (Fsp3) is 0.476. The average molecular weight is 421 g/mol. The van der Waals surface area contributed by atoms with Crippen LogP contribution in [0.1, 0.15) is 45.9 Å².